The fourth-order valence-corrected chi connectivity index (χ4v) is 3.53. The quantitative estimate of drug-likeness (QED) is 0.433. The average molecular weight is 452 g/mol. The van der Waals surface area contributed by atoms with Crippen LogP contribution in [0.5, 0.6) is 0 Å². The Hall–Kier alpha value is -3.27. The number of hydrogen-bond donors (Lipinski definition) is 1. The van der Waals surface area contributed by atoms with Gasteiger partial charge in [-0.25, -0.2) is 14.2 Å². The second-order valence-corrected chi connectivity index (χ2v) is 7.49. The van der Waals surface area contributed by atoms with Crippen molar-refractivity contribution in [2.75, 3.05) is 6.61 Å². The number of alkyl halides is 3. The van der Waals surface area contributed by atoms with Crippen LogP contribution in [0.2, 0.25) is 0 Å². The van der Waals surface area contributed by atoms with Crippen molar-refractivity contribution in [2.45, 2.75) is 19.6 Å². The lowest BCUT2D eigenvalue weighted by Gasteiger charge is -2.06. The minimum Gasteiger partial charge on any atom is -0.451 e. The summed E-state index contributed by atoms with van der Waals surface area (Å²) in [5, 5.41) is 2.91. The van der Waals surface area contributed by atoms with Gasteiger partial charge < -0.3 is 10.1 Å². The van der Waals surface area contributed by atoms with Crippen LogP contribution in [0, 0.1) is 12.7 Å². The molecular weight excluding hydrogens is 436 g/mol. The van der Waals surface area contributed by atoms with Crippen molar-refractivity contribution in [3.05, 3.63) is 76.0 Å². The summed E-state index contributed by atoms with van der Waals surface area (Å²) < 4.78 is 55.9. The van der Waals surface area contributed by atoms with Gasteiger partial charge in [0.2, 0.25) is 0 Å². The maximum Gasteiger partial charge on any atom is 0.416 e. The second-order valence-electron chi connectivity index (χ2n) is 6.49. The SMILES string of the molecule is Cc1nc(-c2ccc(C(F)(F)F)cc2)sc1C(=O)OCC(=O)NCc1ccc(F)cc1. The highest BCUT2D eigenvalue weighted by Crippen LogP contribution is 2.33. The van der Waals surface area contributed by atoms with Crippen molar-refractivity contribution >= 4 is 23.2 Å². The number of thiazole rings is 1. The fraction of sp³-hybridized carbons (Fsp3) is 0.190. The van der Waals surface area contributed by atoms with E-state index in [0.29, 0.717) is 21.8 Å². The summed E-state index contributed by atoms with van der Waals surface area (Å²) in [7, 11) is 0. The van der Waals surface area contributed by atoms with Crippen molar-refractivity contribution in [1.29, 1.82) is 0 Å². The van der Waals surface area contributed by atoms with E-state index in [0.717, 1.165) is 23.5 Å². The first-order chi connectivity index (χ1) is 14.6. The molecule has 3 rings (SSSR count). The molecular formula is C21H16F4N2O3S. The molecule has 0 radical (unpaired) electrons. The highest BCUT2D eigenvalue weighted by atomic mass is 32.1. The molecule has 3 aromatic rings. The maximum atomic E-state index is 12.9. The molecule has 2 aromatic carbocycles. The molecule has 31 heavy (non-hydrogen) atoms. The van der Waals surface area contributed by atoms with E-state index in [4.69, 9.17) is 4.74 Å². The number of halogens is 4. The van der Waals surface area contributed by atoms with E-state index in [-0.39, 0.29) is 17.2 Å². The molecule has 1 aromatic heterocycles. The third-order valence-electron chi connectivity index (χ3n) is 4.18. The first kappa shape index (κ1) is 22.4. The Morgan fingerprint density at radius 2 is 1.71 bits per heavy atom. The topological polar surface area (TPSA) is 68.3 Å². The van der Waals surface area contributed by atoms with E-state index in [1.807, 2.05) is 0 Å². The highest BCUT2D eigenvalue weighted by molar-refractivity contribution is 7.17. The smallest absolute Gasteiger partial charge is 0.416 e. The van der Waals surface area contributed by atoms with Crippen LogP contribution in [-0.2, 0) is 22.3 Å². The van der Waals surface area contributed by atoms with Gasteiger partial charge in [0.05, 0.1) is 11.3 Å². The Bertz CT molecular complexity index is 1080. The fourth-order valence-electron chi connectivity index (χ4n) is 2.56. The van der Waals surface area contributed by atoms with E-state index < -0.39 is 30.2 Å². The Kier molecular flexibility index (Phi) is 6.69. The zero-order valence-electron chi connectivity index (χ0n) is 16.1. The van der Waals surface area contributed by atoms with Crippen LogP contribution < -0.4 is 5.32 Å². The predicted octanol–water partition coefficient (Wildman–Crippen LogP) is 4.75. The molecule has 0 atom stereocenters. The van der Waals surface area contributed by atoms with Gasteiger partial charge in [0.1, 0.15) is 15.7 Å². The number of ether oxygens (including phenoxy) is 1. The lowest BCUT2D eigenvalue weighted by Crippen LogP contribution is -2.28. The summed E-state index contributed by atoms with van der Waals surface area (Å²) in [5.74, 6) is -1.69. The molecule has 5 nitrogen and oxygen atoms in total. The van der Waals surface area contributed by atoms with Gasteiger partial charge in [0, 0.05) is 12.1 Å². The van der Waals surface area contributed by atoms with E-state index in [1.165, 1.54) is 36.4 Å². The Balaban J connectivity index is 1.57. The van der Waals surface area contributed by atoms with Crippen LogP contribution in [0.1, 0.15) is 26.5 Å². The lowest BCUT2D eigenvalue weighted by molar-refractivity contribution is -0.137. The monoisotopic (exact) mass is 452 g/mol. The maximum absolute atomic E-state index is 12.9. The van der Waals surface area contributed by atoms with E-state index in [9.17, 15) is 27.2 Å². The first-order valence-corrected chi connectivity index (χ1v) is 9.78. The summed E-state index contributed by atoms with van der Waals surface area (Å²) in [4.78, 5) is 28.5. The van der Waals surface area contributed by atoms with E-state index in [1.54, 1.807) is 6.92 Å². The molecule has 0 saturated heterocycles. The number of carbonyl (C=O) groups is 2. The molecule has 0 unspecified atom stereocenters. The van der Waals surface area contributed by atoms with Gasteiger partial charge in [0.15, 0.2) is 6.61 Å². The number of carbonyl (C=O) groups excluding carboxylic acids is 2. The predicted molar refractivity (Wildman–Crippen MR) is 106 cm³/mol. The summed E-state index contributed by atoms with van der Waals surface area (Å²) >= 11 is 0.963. The van der Waals surface area contributed by atoms with Crippen molar-refractivity contribution in [3.63, 3.8) is 0 Å². The van der Waals surface area contributed by atoms with Gasteiger partial charge in [-0.2, -0.15) is 13.2 Å². The molecule has 162 valence electrons. The first-order valence-electron chi connectivity index (χ1n) is 8.97. The molecule has 1 amide bonds. The van der Waals surface area contributed by atoms with Crippen molar-refractivity contribution in [2.24, 2.45) is 0 Å². The van der Waals surface area contributed by atoms with Crippen LogP contribution >= 0.6 is 11.3 Å². The Morgan fingerprint density at radius 1 is 1.06 bits per heavy atom. The number of rotatable bonds is 6. The molecule has 1 heterocycles. The number of hydrogen-bond acceptors (Lipinski definition) is 5. The zero-order valence-corrected chi connectivity index (χ0v) is 16.9. The van der Waals surface area contributed by atoms with E-state index in [2.05, 4.69) is 10.3 Å². The Labute approximate surface area is 178 Å². The minimum absolute atomic E-state index is 0.147. The number of benzene rings is 2. The lowest BCUT2D eigenvalue weighted by atomic mass is 10.1. The van der Waals surface area contributed by atoms with Crippen molar-refractivity contribution in [3.8, 4) is 10.6 Å². The number of nitrogens with zero attached hydrogens (tertiary/aromatic N) is 1. The van der Waals surface area contributed by atoms with Crippen molar-refractivity contribution in [1.82, 2.24) is 10.3 Å². The number of aryl methyl sites for hydroxylation is 1. The number of esters is 1. The molecule has 0 spiro atoms. The third-order valence-corrected chi connectivity index (χ3v) is 5.37. The summed E-state index contributed by atoms with van der Waals surface area (Å²) in [6.45, 7) is 1.19. The van der Waals surface area contributed by atoms with Crippen LogP contribution in [0.3, 0.4) is 0 Å². The molecule has 1 N–H and O–H groups in total. The molecule has 0 saturated carbocycles. The normalized spacial score (nSPS) is 11.3. The number of aromatic nitrogens is 1. The van der Waals surface area contributed by atoms with Gasteiger partial charge in [-0.3, -0.25) is 4.79 Å². The van der Waals surface area contributed by atoms with Gasteiger partial charge in [-0.05, 0) is 36.8 Å². The Morgan fingerprint density at radius 3 is 2.32 bits per heavy atom. The highest BCUT2D eigenvalue weighted by Gasteiger charge is 2.30. The van der Waals surface area contributed by atoms with Gasteiger partial charge >= 0.3 is 12.1 Å². The standard InChI is InChI=1S/C21H16F4N2O3S/c1-12-18(31-19(27-12)14-4-6-15(7-5-14)21(23,24)25)20(29)30-11-17(28)26-10-13-2-8-16(22)9-3-13/h2-9H,10-11H2,1H3,(H,26,28). The number of nitrogens with one attached hydrogen (secondary N) is 1. The average Bonchev–Trinajstić information content (AvgIpc) is 3.13. The van der Waals surface area contributed by atoms with Crippen LogP contribution in [0.15, 0.2) is 48.5 Å². The minimum atomic E-state index is -4.44. The molecule has 0 aliphatic rings. The molecule has 10 heteroatoms. The van der Waals surface area contributed by atoms with Gasteiger partial charge in [-0.1, -0.05) is 24.3 Å². The van der Waals surface area contributed by atoms with Crippen LogP contribution in [-0.4, -0.2) is 23.5 Å². The third kappa shape index (κ3) is 5.88. The summed E-state index contributed by atoms with van der Waals surface area (Å²) in [6, 6.07) is 10.0. The van der Waals surface area contributed by atoms with Crippen molar-refractivity contribution < 1.29 is 31.9 Å². The second kappa shape index (κ2) is 9.25. The van der Waals surface area contributed by atoms with Crippen LogP contribution in [0.4, 0.5) is 17.6 Å². The summed E-state index contributed by atoms with van der Waals surface area (Å²) in [6.07, 6.45) is -4.44. The molecule has 0 fully saturated rings. The molecule has 0 aliphatic heterocycles. The zero-order chi connectivity index (χ0) is 22.6. The largest absolute Gasteiger partial charge is 0.451 e. The van der Waals surface area contributed by atoms with Gasteiger partial charge in [-0.15, -0.1) is 11.3 Å². The van der Waals surface area contributed by atoms with Gasteiger partial charge in [0.25, 0.3) is 5.91 Å². The number of amides is 1. The molecule has 0 aliphatic carbocycles. The van der Waals surface area contributed by atoms with E-state index >= 15 is 0 Å². The molecule has 0 bridgehead atoms. The summed E-state index contributed by atoms with van der Waals surface area (Å²) in [5.41, 5.74) is 0.671. The van der Waals surface area contributed by atoms with Crippen LogP contribution in [0.25, 0.3) is 10.6 Å².